The molecule has 5 nitrogen and oxygen atoms in total. The molecule has 1 aliphatic rings. The first-order valence-electron chi connectivity index (χ1n) is 8.92. The molecule has 26 heavy (non-hydrogen) atoms. The number of piperazine rings is 1. The van der Waals surface area contributed by atoms with E-state index in [4.69, 9.17) is 0 Å². The van der Waals surface area contributed by atoms with Gasteiger partial charge in [-0.25, -0.2) is 0 Å². The van der Waals surface area contributed by atoms with Crippen molar-refractivity contribution in [2.24, 2.45) is 0 Å². The summed E-state index contributed by atoms with van der Waals surface area (Å²) < 4.78 is 0. The highest BCUT2D eigenvalue weighted by atomic mass is 32.1. The molecule has 1 aromatic heterocycles. The molecule has 6 heteroatoms. The molecule has 1 N–H and O–H groups in total. The minimum atomic E-state index is -0.226. The number of hydrogen-bond acceptors (Lipinski definition) is 4. The molecular formula is C20H25N3O2S. The third-order valence-corrected chi connectivity index (χ3v) is 5.87. The van der Waals surface area contributed by atoms with Crippen molar-refractivity contribution >= 4 is 28.8 Å². The summed E-state index contributed by atoms with van der Waals surface area (Å²) in [5, 5.41) is 3.01. The molecule has 0 bridgehead atoms. The van der Waals surface area contributed by atoms with Gasteiger partial charge >= 0.3 is 0 Å². The predicted molar refractivity (Wildman–Crippen MR) is 106 cm³/mol. The fourth-order valence-corrected chi connectivity index (χ4v) is 3.97. The molecule has 2 amide bonds. The second-order valence-electron chi connectivity index (χ2n) is 6.72. The summed E-state index contributed by atoms with van der Waals surface area (Å²) in [6.07, 6.45) is 0. The first kappa shape index (κ1) is 18.6. The highest BCUT2D eigenvalue weighted by Gasteiger charge is 2.28. The molecule has 0 saturated carbocycles. The van der Waals surface area contributed by atoms with Crippen LogP contribution in [0.2, 0.25) is 0 Å². The number of carbonyl (C=O) groups is 2. The standard InChI is InChI=1S/C20H25N3O2S/c1-14-6-4-5-7-17(14)21-19(24)16(3)22-10-12-23(13-11-22)20(25)18-9-8-15(2)26-18/h4-9,16H,10-13H2,1-3H3,(H,21,24). The molecule has 1 aromatic carbocycles. The van der Waals surface area contributed by atoms with Gasteiger partial charge in [0.25, 0.3) is 5.91 Å². The monoisotopic (exact) mass is 371 g/mol. The van der Waals surface area contributed by atoms with Gasteiger partial charge in [0.1, 0.15) is 0 Å². The van der Waals surface area contributed by atoms with E-state index < -0.39 is 0 Å². The van der Waals surface area contributed by atoms with Crippen LogP contribution in [0.4, 0.5) is 5.69 Å². The molecule has 1 fully saturated rings. The third-order valence-electron chi connectivity index (χ3n) is 4.88. The average molecular weight is 372 g/mol. The van der Waals surface area contributed by atoms with Crippen molar-refractivity contribution in [1.29, 1.82) is 0 Å². The number of nitrogens with zero attached hydrogens (tertiary/aromatic N) is 2. The Kier molecular flexibility index (Phi) is 5.74. The number of amides is 2. The molecule has 1 aliphatic heterocycles. The van der Waals surface area contributed by atoms with Crippen LogP contribution in [0.5, 0.6) is 0 Å². The molecule has 0 aliphatic carbocycles. The van der Waals surface area contributed by atoms with Crippen molar-refractivity contribution in [3.8, 4) is 0 Å². The topological polar surface area (TPSA) is 52.7 Å². The lowest BCUT2D eigenvalue weighted by molar-refractivity contribution is -0.121. The Hall–Kier alpha value is -2.18. The van der Waals surface area contributed by atoms with Crippen LogP contribution >= 0.6 is 11.3 Å². The van der Waals surface area contributed by atoms with Gasteiger partial charge in [-0.3, -0.25) is 14.5 Å². The Bertz CT molecular complexity index is 794. The summed E-state index contributed by atoms with van der Waals surface area (Å²) in [6, 6.07) is 11.4. The lowest BCUT2D eigenvalue weighted by atomic mass is 10.1. The molecule has 1 saturated heterocycles. The number of aryl methyl sites for hydroxylation is 2. The van der Waals surface area contributed by atoms with Gasteiger partial charge in [0.15, 0.2) is 0 Å². The maximum atomic E-state index is 12.6. The SMILES string of the molecule is Cc1ccc(C(=O)N2CCN(C(C)C(=O)Nc3ccccc3C)CC2)s1. The highest BCUT2D eigenvalue weighted by molar-refractivity contribution is 7.13. The van der Waals surface area contributed by atoms with Gasteiger partial charge in [-0.15, -0.1) is 11.3 Å². The number of carbonyl (C=O) groups excluding carboxylic acids is 2. The van der Waals surface area contributed by atoms with E-state index in [9.17, 15) is 9.59 Å². The van der Waals surface area contributed by atoms with E-state index in [2.05, 4.69) is 10.2 Å². The average Bonchev–Trinajstić information content (AvgIpc) is 3.09. The van der Waals surface area contributed by atoms with Gasteiger partial charge in [0.05, 0.1) is 10.9 Å². The van der Waals surface area contributed by atoms with E-state index in [0.717, 1.165) is 21.0 Å². The summed E-state index contributed by atoms with van der Waals surface area (Å²) in [5.41, 5.74) is 1.90. The van der Waals surface area contributed by atoms with Crippen LogP contribution in [-0.2, 0) is 4.79 Å². The molecule has 0 radical (unpaired) electrons. The zero-order valence-corrected chi connectivity index (χ0v) is 16.3. The van der Waals surface area contributed by atoms with Crippen LogP contribution in [0.3, 0.4) is 0 Å². The van der Waals surface area contributed by atoms with Crippen molar-refractivity contribution in [3.05, 3.63) is 51.7 Å². The molecule has 2 heterocycles. The summed E-state index contributed by atoms with van der Waals surface area (Å²) in [4.78, 5) is 31.1. The van der Waals surface area contributed by atoms with Crippen molar-refractivity contribution in [2.45, 2.75) is 26.8 Å². The molecule has 1 unspecified atom stereocenters. The maximum Gasteiger partial charge on any atom is 0.264 e. The molecule has 1 atom stereocenters. The first-order chi connectivity index (χ1) is 12.5. The van der Waals surface area contributed by atoms with Crippen LogP contribution in [-0.4, -0.2) is 53.8 Å². The number of para-hydroxylation sites is 1. The summed E-state index contributed by atoms with van der Waals surface area (Å²) in [6.45, 7) is 8.63. The van der Waals surface area contributed by atoms with E-state index in [1.165, 1.54) is 11.3 Å². The Morgan fingerprint density at radius 2 is 1.73 bits per heavy atom. The number of rotatable bonds is 4. The maximum absolute atomic E-state index is 12.6. The highest BCUT2D eigenvalue weighted by Crippen LogP contribution is 2.19. The Morgan fingerprint density at radius 3 is 2.35 bits per heavy atom. The summed E-state index contributed by atoms with van der Waals surface area (Å²) in [7, 11) is 0. The largest absolute Gasteiger partial charge is 0.335 e. The quantitative estimate of drug-likeness (QED) is 0.898. The normalized spacial score (nSPS) is 16.3. The second-order valence-corrected chi connectivity index (χ2v) is 8.01. The Morgan fingerprint density at radius 1 is 1.04 bits per heavy atom. The van der Waals surface area contributed by atoms with Crippen LogP contribution in [0.25, 0.3) is 0 Å². The van der Waals surface area contributed by atoms with Crippen molar-refractivity contribution < 1.29 is 9.59 Å². The van der Waals surface area contributed by atoms with E-state index >= 15 is 0 Å². The lowest BCUT2D eigenvalue weighted by Gasteiger charge is -2.37. The molecular weight excluding hydrogens is 346 g/mol. The third kappa shape index (κ3) is 4.14. The van der Waals surface area contributed by atoms with Crippen LogP contribution in [0.1, 0.15) is 27.0 Å². The zero-order chi connectivity index (χ0) is 18.7. The Labute approximate surface area is 158 Å². The fraction of sp³-hybridized carbons (Fsp3) is 0.400. The number of hydrogen-bond donors (Lipinski definition) is 1. The fourth-order valence-electron chi connectivity index (χ4n) is 3.13. The van der Waals surface area contributed by atoms with Gasteiger partial charge in [0, 0.05) is 36.7 Å². The number of nitrogens with one attached hydrogen (secondary N) is 1. The molecule has 3 rings (SSSR count). The smallest absolute Gasteiger partial charge is 0.264 e. The van der Waals surface area contributed by atoms with E-state index in [1.807, 2.05) is 62.1 Å². The van der Waals surface area contributed by atoms with Crippen molar-refractivity contribution in [2.75, 3.05) is 31.5 Å². The van der Waals surface area contributed by atoms with Gasteiger partial charge in [-0.2, -0.15) is 0 Å². The molecule has 0 spiro atoms. The number of anilines is 1. The van der Waals surface area contributed by atoms with Crippen molar-refractivity contribution in [3.63, 3.8) is 0 Å². The summed E-state index contributed by atoms with van der Waals surface area (Å²) in [5.74, 6) is 0.0905. The second kappa shape index (κ2) is 8.01. The van der Waals surface area contributed by atoms with Crippen LogP contribution in [0, 0.1) is 13.8 Å². The van der Waals surface area contributed by atoms with E-state index in [-0.39, 0.29) is 17.9 Å². The summed E-state index contributed by atoms with van der Waals surface area (Å²) >= 11 is 1.54. The first-order valence-corrected chi connectivity index (χ1v) is 9.73. The van der Waals surface area contributed by atoms with Gasteiger partial charge in [-0.05, 0) is 44.5 Å². The zero-order valence-electron chi connectivity index (χ0n) is 15.5. The molecule has 138 valence electrons. The van der Waals surface area contributed by atoms with Gasteiger partial charge in [0.2, 0.25) is 5.91 Å². The number of thiophene rings is 1. The predicted octanol–water partition coefficient (Wildman–Crippen LogP) is 3.15. The van der Waals surface area contributed by atoms with E-state index in [1.54, 1.807) is 0 Å². The van der Waals surface area contributed by atoms with Crippen molar-refractivity contribution in [1.82, 2.24) is 9.80 Å². The Balaban J connectivity index is 1.54. The minimum Gasteiger partial charge on any atom is -0.335 e. The lowest BCUT2D eigenvalue weighted by Crippen LogP contribution is -2.54. The van der Waals surface area contributed by atoms with Crippen LogP contribution < -0.4 is 5.32 Å². The van der Waals surface area contributed by atoms with Gasteiger partial charge < -0.3 is 10.2 Å². The minimum absolute atomic E-state index is 0.00652. The van der Waals surface area contributed by atoms with Gasteiger partial charge in [-0.1, -0.05) is 18.2 Å². The number of benzene rings is 1. The van der Waals surface area contributed by atoms with E-state index in [0.29, 0.717) is 26.2 Å². The molecule has 2 aromatic rings. The van der Waals surface area contributed by atoms with Crippen LogP contribution in [0.15, 0.2) is 36.4 Å².